The Hall–Kier alpha value is -18.8. The van der Waals surface area contributed by atoms with Crippen molar-refractivity contribution in [3.05, 3.63) is 504 Å². The molecule has 0 saturated heterocycles. The van der Waals surface area contributed by atoms with Crippen molar-refractivity contribution < 1.29 is 0 Å². The maximum atomic E-state index is 5.12. The van der Waals surface area contributed by atoms with Crippen LogP contribution in [-0.2, 0) is 0 Å². The topological polar surface area (TPSA) is 142 Å². The van der Waals surface area contributed by atoms with Gasteiger partial charge < -0.3 is 0 Å². The molecule has 9 aromatic heterocycles. The minimum atomic E-state index is 0.627. The summed E-state index contributed by atoms with van der Waals surface area (Å²) < 4.78 is 7.34. The maximum absolute atomic E-state index is 5.12. The van der Waals surface area contributed by atoms with Gasteiger partial charge in [0.1, 0.15) is 0 Å². The Morgan fingerprint density at radius 2 is 0.327 bits per heavy atom. The van der Waals surface area contributed by atoms with Gasteiger partial charge in [-0.3, -0.25) is 0 Å². The van der Waals surface area contributed by atoms with Gasteiger partial charge >= 0.3 is 0 Å². The molecule has 0 atom stereocenters. The highest BCUT2D eigenvalue weighted by molar-refractivity contribution is 7.27. The summed E-state index contributed by atoms with van der Waals surface area (Å²) in [6.07, 6.45) is 0. The van der Waals surface area contributed by atoms with Crippen LogP contribution in [0.1, 0.15) is 0 Å². The minimum Gasteiger partial charge on any atom is -0.246 e. The predicted molar refractivity (Wildman–Crippen MR) is 613 cm³/mol. The Kier molecular flexibility index (Phi) is 23.4. The van der Waals surface area contributed by atoms with Crippen LogP contribution in [-0.4, -0.2) is 54.8 Å². The first kappa shape index (κ1) is 88.4. The first-order valence-electron chi connectivity index (χ1n) is 48.9. The van der Waals surface area contributed by atoms with E-state index in [2.05, 4.69) is 431 Å². The molecule has 0 fully saturated rings. The molecule has 0 N–H and O–H groups in total. The summed E-state index contributed by atoms with van der Waals surface area (Å²) in [5.74, 6) is 4.52. The Bertz CT molecular complexity index is 9340. The first-order valence-corrected chi connectivity index (χ1v) is 51.3. The highest BCUT2D eigenvalue weighted by Gasteiger charge is 2.25. The van der Waals surface area contributed by atoms with Gasteiger partial charge in [0.15, 0.2) is 40.8 Å². The smallest absolute Gasteiger partial charge is 0.164 e. The van der Waals surface area contributed by atoms with E-state index in [1.165, 1.54) is 77.7 Å². The summed E-state index contributed by atoms with van der Waals surface area (Å²) in [6.45, 7) is 0. The van der Waals surface area contributed by atoms with Gasteiger partial charge in [-0.05, 0) is 116 Å². The average Bonchev–Trinajstić information content (AvgIpc) is 1.60. The molecule has 14 heteroatoms. The number of nitrogens with zero attached hydrogens (tertiary/aromatic N) is 11. The maximum Gasteiger partial charge on any atom is 0.164 e. The zero-order valence-electron chi connectivity index (χ0n) is 79.1. The molecule has 0 amide bonds. The lowest BCUT2D eigenvalue weighted by Crippen LogP contribution is -2.00. The van der Waals surface area contributed by atoms with Crippen molar-refractivity contribution in [1.29, 1.82) is 0 Å². The average molecular weight is 1930 g/mol. The van der Waals surface area contributed by atoms with Crippen LogP contribution in [0.25, 0.3) is 274 Å². The zero-order chi connectivity index (χ0) is 97.5. The molecule has 9 heterocycles. The summed E-state index contributed by atoms with van der Waals surface area (Å²) in [5.41, 5.74) is 32.9. The first-order chi connectivity index (χ1) is 72.8. The number of para-hydroxylation sites is 3. The molecule has 28 aromatic rings. The van der Waals surface area contributed by atoms with E-state index in [9.17, 15) is 0 Å². The Labute approximate surface area is 859 Å². The number of thiophene rings is 3. The largest absolute Gasteiger partial charge is 0.246 e. The van der Waals surface area contributed by atoms with Crippen LogP contribution >= 0.6 is 34.0 Å². The number of aromatic nitrogens is 11. The molecule has 0 aliphatic heterocycles. The fourth-order valence-corrected chi connectivity index (χ4v) is 23.3. The molecule has 0 aliphatic rings. The number of rotatable bonds is 16. The molecule has 147 heavy (non-hydrogen) atoms. The van der Waals surface area contributed by atoms with Crippen molar-refractivity contribution in [1.82, 2.24) is 54.8 Å². The van der Waals surface area contributed by atoms with Crippen LogP contribution in [0.4, 0.5) is 0 Å². The summed E-state index contributed by atoms with van der Waals surface area (Å²) in [4.78, 5) is 55.6. The molecule has 0 aliphatic carbocycles. The molecule has 11 nitrogen and oxygen atoms in total. The third-order valence-corrected chi connectivity index (χ3v) is 30.5. The molecular weight excluding hydrogens is 1850 g/mol. The fraction of sp³-hybridized carbons (Fsp3) is 0. The normalized spacial score (nSPS) is 11.4. The molecule has 688 valence electrons. The van der Waals surface area contributed by atoms with Crippen molar-refractivity contribution in [2.75, 3.05) is 0 Å². The van der Waals surface area contributed by atoms with Gasteiger partial charge in [-0.1, -0.05) is 449 Å². The van der Waals surface area contributed by atoms with Crippen LogP contribution in [0.5, 0.6) is 0 Å². The van der Waals surface area contributed by atoms with Crippen LogP contribution in [0, 0.1) is 0 Å². The van der Waals surface area contributed by atoms with Crippen molar-refractivity contribution in [3.63, 3.8) is 0 Å². The Morgan fingerprint density at radius 3 is 0.653 bits per heavy atom. The van der Waals surface area contributed by atoms with E-state index in [-0.39, 0.29) is 0 Å². The van der Waals surface area contributed by atoms with Crippen LogP contribution in [0.3, 0.4) is 0 Å². The second-order valence-corrected chi connectivity index (χ2v) is 39.3. The van der Waals surface area contributed by atoms with E-state index in [1.54, 1.807) is 22.7 Å². The molecule has 0 spiro atoms. The van der Waals surface area contributed by atoms with Gasteiger partial charge in [-0.25, -0.2) is 54.8 Å². The molecule has 19 aromatic carbocycles. The highest BCUT2D eigenvalue weighted by atomic mass is 32.1. The van der Waals surface area contributed by atoms with Gasteiger partial charge in [0.2, 0.25) is 0 Å². The monoisotopic (exact) mass is 1930 g/mol. The highest BCUT2D eigenvalue weighted by Crippen LogP contribution is 2.49. The molecule has 0 bridgehead atoms. The number of pyridine rings is 3. The standard InChI is InChI=1S/C48H30N4S.C43H27N3S.C42H26N4S/c1-3-11-31(12-4-1)33-19-25-36(26-20-33)46-50-47(37-27-21-34(22-28-37)32-13-5-2-6-14-32)52-48(51-46)38-29-23-35(24-30-38)43-39-15-7-9-17-41(39)49-44-40-16-8-10-18-42(40)53-45(43)44;1-3-12-28(13-4-1)32-16-11-17-33(26-32)38-27-37(45-43(46-38)31-14-5-2-6-15-31)29-22-24-30(25-23-29)40-34-18-7-9-20-36(34)44-41-35-19-8-10-21-39(35)47-42(40)41;1-3-12-27(13-4-1)31-16-11-17-32(26-31)42-45-40(29-14-5-2-6-15-29)44-41(46-42)30-24-22-28(23-25-30)37-33-18-7-9-20-35(33)43-38-34-19-8-10-21-36(34)47-39(37)38/h1-30H;1-27H;1-26H. The number of fused-ring (bicyclic) bond motifs is 12. The quantitative estimate of drug-likeness (QED) is 0.0912. The lowest BCUT2D eigenvalue weighted by molar-refractivity contribution is 1.07. The van der Waals surface area contributed by atoms with E-state index in [4.69, 9.17) is 54.8 Å². The van der Waals surface area contributed by atoms with Crippen LogP contribution in [0.15, 0.2) is 504 Å². The van der Waals surface area contributed by atoms with Crippen LogP contribution < -0.4 is 0 Å². The lowest BCUT2D eigenvalue weighted by atomic mass is 9.97. The van der Waals surface area contributed by atoms with Gasteiger partial charge in [0.25, 0.3) is 0 Å². The predicted octanol–water partition coefficient (Wildman–Crippen LogP) is 35.6. The zero-order valence-corrected chi connectivity index (χ0v) is 81.5. The van der Waals surface area contributed by atoms with Gasteiger partial charge in [0, 0.05) is 113 Å². The summed E-state index contributed by atoms with van der Waals surface area (Å²) in [6, 6.07) is 175. The Morgan fingerprint density at radius 1 is 0.122 bits per heavy atom. The third-order valence-electron chi connectivity index (χ3n) is 27.0. The molecular formula is C133H83N11S3. The van der Waals surface area contributed by atoms with E-state index in [1.807, 2.05) is 84.1 Å². The number of hydrogen-bond donors (Lipinski definition) is 0. The van der Waals surface area contributed by atoms with E-state index >= 15 is 0 Å². The van der Waals surface area contributed by atoms with Crippen molar-refractivity contribution in [2.24, 2.45) is 0 Å². The molecule has 0 radical (unpaired) electrons. The SMILES string of the molecule is c1ccc(-c2ccc(-c3nc(-c4ccc(-c5ccccc5)cc4)nc(-c4ccc(-c5c6ccccc6nc6c5sc5ccccc56)cc4)n3)cc2)cc1.c1ccc(-c2cccc(-c3cc(-c4ccc(-c5c6ccccc6nc6c5sc5ccccc56)cc4)nc(-c4ccccc4)n3)c2)cc1.c1ccc(-c2cccc(-c3nc(-c4ccccc4)nc(-c4ccc(-c5c6ccccc6nc6c5sc5ccccc56)cc4)n3)c2)cc1. The molecule has 0 unspecified atom stereocenters. The van der Waals surface area contributed by atoms with Gasteiger partial charge in [-0.2, -0.15) is 0 Å². The van der Waals surface area contributed by atoms with E-state index in [0.29, 0.717) is 40.8 Å². The molecule has 28 rings (SSSR count). The summed E-state index contributed by atoms with van der Waals surface area (Å²) in [7, 11) is 0. The fourth-order valence-electron chi connectivity index (χ4n) is 19.7. The van der Waals surface area contributed by atoms with Crippen LogP contribution in [0.2, 0.25) is 0 Å². The summed E-state index contributed by atoms with van der Waals surface area (Å²) >= 11 is 5.42. The van der Waals surface area contributed by atoms with Crippen molar-refractivity contribution in [3.8, 4) is 180 Å². The second-order valence-electron chi connectivity index (χ2n) is 36.2. The second kappa shape index (κ2) is 38.9. The summed E-state index contributed by atoms with van der Waals surface area (Å²) in [5, 5.41) is 7.03. The van der Waals surface area contributed by atoms with Crippen molar-refractivity contribution in [2.45, 2.75) is 0 Å². The number of benzene rings is 19. The van der Waals surface area contributed by atoms with Gasteiger partial charge in [0.05, 0.1) is 58.6 Å². The van der Waals surface area contributed by atoms with Crippen molar-refractivity contribution >= 4 is 128 Å². The van der Waals surface area contributed by atoms with E-state index in [0.717, 1.165) is 155 Å². The van der Waals surface area contributed by atoms with Gasteiger partial charge in [-0.15, -0.1) is 34.0 Å². The minimum absolute atomic E-state index is 0.627. The molecule has 0 saturated carbocycles. The Balaban J connectivity index is 0.000000112. The third kappa shape index (κ3) is 17.5. The van der Waals surface area contributed by atoms with E-state index < -0.39 is 0 Å². The number of hydrogen-bond acceptors (Lipinski definition) is 14. The lowest BCUT2D eigenvalue weighted by Gasteiger charge is -2.12.